The average Bonchev–Trinajstić information content (AvgIpc) is 2.86. The summed E-state index contributed by atoms with van der Waals surface area (Å²) in [5, 5.41) is 2.90. The third-order valence-electron chi connectivity index (χ3n) is 6.07. The summed E-state index contributed by atoms with van der Waals surface area (Å²) in [5.74, 6) is -0.0222. The highest BCUT2D eigenvalue weighted by atomic mass is 19.1. The van der Waals surface area contributed by atoms with Crippen LogP contribution < -0.4 is 10.1 Å². The molecule has 0 saturated heterocycles. The molecule has 0 saturated carbocycles. The lowest BCUT2D eigenvalue weighted by Crippen LogP contribution is -2.39. The van der Waals surface area contributed by atoms with E-state index in [1.165, 1.54) is 12.1 Å². The Hall–Kier alpha value is -3.74. The first-order valence-corrected chi connectivity index (χ1v) is 11.4. The second-order valence-corrected chi connectivity index (χ2v) is 8.37. The van der Waals surface area contributed by atoms with Gasteiger partial charge in [-0.1, -0.05) is 31.2 Å². The van der Waals surface area contributed by atoms with E-state index in [-0.39, 0.29) is 23.7 Å². The number of pyridine rings is 1. The van der Waals surface area contributed by atoms with Crippen LogP contribution in [0.4, 0.5) is 4.39 Å². The minimum absolute atomic E-state index is 0.0486. The first kappa shape index (κ1) is 23.4. The van der Waals surface area contributed by atoms with E-state index in [1.807, 2.05) is 37.3 Å². The van der Waals surface area contributed by atoms with E-state index < -0.39 is 6.10 Å². The number of amides is 2. The van der Waals surface area contributed by atoms with Crippen LogP contribution in [0.5, 0.6) is 5.75 Å². The van der Waals surface area contributed by atoms with Gasteiger partial charge in [0.1, 0.15) is 11.6 Å². The number of fused-ring (bicyclic) bond motifs is 1. The van der Waals surface area contributed by atoms with Crippen LogP contribution in [0, 0.1) is 5.82 Å². The van der Waals surface area contributed by atoms with Gasteiger partial charge in [0.2, 0.25) is 5.91 Å². The SMILES string of the molecule is CCC(Oc1ccc2c(c1)C(c1ccc(F)cc1)N(C(C)=O)CC2)C(=O)NCc1cccnc1. The number of nitrogens with zero attached hydrogens (tertiary/aromatic N) is 2. The van der Waals surface area contributed by atoms with E-state index in [0.29, 0.717) is 25.3 Å². The molecule has 6 nitrogen and oxygen atoms in total. The summed E-state index contributed by atoms with van der Waals surface area (Å²) in [4.78, 5) is 31.0. The smallest absolute Gasteiger partial charge is 0.261 e. The Morgan fingerprint density at radius 1 is 1.21 bits per heavy atom. The molecule has 3 aromatic rings. The van der Waals surface area contributed by atoms with Crippen molar-refractivity contribution in [2.75, 3.05) is 6.54 Å². The first-order valence-electron chi connectivity index (χ1n) is 11.4. The third kappa shape index (κ3) is 5.25. The average molecular weight is 462 g/mol. The number of hydrogen-bond donors (Lipinski definition) is 1. The number of carbonyl (C=O) groups is 2. The van der Waals surface area contributed by atoms with Crippen LogP contribution >= 0.6 is 0 Å². The van der Waals surface area contributed by atoms with Crippen LogP contribution in [0.15, 0.2) is 67.0 Å². The number of aromatic nitrogens is 1. The molecule has 34 heavy (non-hydrogen) atoms. The van der Waals surface area contributed by atoms with Gasteiger partial charge in [0, 0.05) is 32.4 Å². The fourth-order valence-corrected chi connectivity index (χ4v) is 4.30. The maximum Gasteiger partial charge on any atom is 0.261 e. The number of rotatable bonds is 7. The van der Waals surface area contributed by atoms with Gasteiger partial charge in [0.15, 0.2) is 6.10 Å². The summed E-state index contributed by atoms with van der Waals surface area (Å²) in [6.45, 7) is 4.39. The molecule has 1 N–H and O–H groups in total. The molecule has 1 aliphatic rings. The number of nitrogens with one attached hydrogen (secondary N) is 1. The fraction of sp³-hybridized carbons (Fsp3) is 0.296. The predicted molar refractivity (Wildman–Crippen MR) is 127 cm³/mol. The van der Waals surface area contributed by atoms with Gasteiger partial charge in [-0.05, 0) is 65.4 Å². The van der Waals surface area contributed by atoms with Gasteiger partial charge < -0.3 is 15.0 Å². The second-order valence-electron chi connectivity index (χ2n) is 8.37. The molecule has 2 atom stereocenters. The zero-order valence-corrected chi connectivity index (χ0v) is 19.3. The summed E-state index contributed by atoms with van der Waals surface area (Å²) < 4.78 is 19.6. The topological polar surface area (TPSA) is 71.5 Å². The van der Waals surface area contributed by atoms with Crippen LogP contribution in [-0.4, -0.2) is 34.3 Å². The summed E-state index contributed by atoms with van der Waals surface area (Å²) in [6, 6.07) is 15.3. The highest BCUT2D eigenvalue weighted by Gasteiger charge is 2.31. The Morgan fingerprint density at radius 3 is 2.68 bits per heavy atom. The van der Waals surface area contributed by atoms with Gasteiger partial charge >= 0.3 is 0 Å². The lowest BCUT2D eigenvalue weighted by molar-refractivity contribution is -0.131. The van der Waals surface area contributed by atoms with Crippen molar-refractivity contribution in [1.82, 2.24) is 15.2 Å². The summed E-state index contributed by atoms with van der Waals surface area (Å²) in [7, 11) is 0. The molecule has 1 aromatic heterocycles. The van der Waals surface area contributed by atoms with E-state index in [4.69, 9.17) is 4.74 Å². The maximum absolute atomic E-state index is 13.6. The van der Waals surface area contributed by atoms with Gasteiger partial charge in [0.25, 0.3) is 5.91 Å². The minimum Gasteiger partial charge on any atom is -0.481 e. The van der Waals surface area contributed by atoms with Crippen LogP contribution in [0.3, 0.4) is 0 Å². The molecule has 0 fully saturated rings. The molecular weight excluding hydrogens is 433 g/mol. The molecule has 2 unspecified atom stereocenters. The normalized spacial score (nSPS) is 15.9. The van der Waals surface area contributed by atoms with Gasteiger partial charge in [-0.15, -0.1) is 0 Å². The molecule has 0 spiro atoms. The van der Waals surface area contributed by atoms with Crippen LogP contribution in [0.2, 0.25) is 0 Å². The number of ether oxygens (including phenoxy) is 1. The molecule has 4 rings (SSSR count). The number of hydrogen-bond acceptors (Lipinski definition) is 4. The lowest BCUT2D eigenvalue weighted by atomic mass is 9.88. The largest absolute Gasteiger partial charge is 0.481 e. The van der Waals surface area contributed by atoms with Gasteiger partial charge in [-0.3, -0.25) is 14.6 Å². The van der Waals surface area contributed by atoms with E-state index >= 15 is 0 Å². The molecule has 2 heterocycles. The molecule has 176 valence electrons. The highest BCUT2D eigenvalue weighted by molar-refractivity contribution is 5.81. The Labute approximate surface area is 198 Å². The third-order valence-corrected chi connectivity index (χ3v) is 6.07. The van der Waals surface area contributed by atoms with Crippen LogP contribution in [0.1, 0.15) is 48.6 Å². The van der Waals surface area contributed by atoms with E-state index in [1.54, 1.807) is 36.4 Å². The van der Waals surface area contributed by atoms with Crippen molar-refractivity contribution >= 4 is 11.8 Å². The van der Waals surface area contributed by atoms with E-state index in [2.05, 4.69) is 10.3 Å². The van der Waals surface area contributed by atoms with Crippen molar-refractivity contribution in [2.24, 2.45) is 0 Å². The second kappa shape index (κ2) is 10.5. The van der Waals surface area contributed by atoms with Crippen LogP contribution in [0.25, 0.3) is 0 Å². The standard InChI is InChI=1S/C27H28FN3O3/c1-3-25(27(33)30-17-19-5-4-13-29-16-19)34-23-11-8-20-12-14-31(18(2)32)26(24(20)15-23)21-6-9-22(28)10-7-21/h4-11,13,15-16,25-26H,3,12,14,17H2,1-2H3,(H,30,33). The van der Waals surface area contributed by atoms with Gasteiger partial charge in [0.05, 0.1) is 6.04 Å². The molecule has 7 heteroatoms. The van der Waals surface area contributed by atoms with Crippen molar-refractivity contribution in [3.63, 3.8) is 0 Å². The molecular formula is C27H28FN3O3. The van der Waals surface area contributed by atoms with Gasteiger partial charge in [-0.2, -0.15) is 0 Å². The Kier molecular flexibility index (Phi) is 7.21. The summed E-state index contributed by atoms with van der Waals surface area (Å²) in [5.41, 5.74) is 3.77. The number of benzene rings is 2. The Bertz CT molecular complexity index is 1150. The highest BCUT2D eigenvalue weighted by Crippen LogP contribution is 2.37. The quantitative estimate of drug-likeness (QED) is 0.573. The maximum atomic E-state index is 13.6. The Balaban J connectivity index is 1.56. The number of halogens is 1. The first-order chi connectivity index (χ1) is 16.5. The van der Waals surface area contributed by atoms with E-state index in [0.717, 1.165) is 28.7 Å². The molecule has 1 aliphatic heterocycles. The Morgan fingerprint density at radius 2 is 2.00 bits per heavy atom. The minimum atomic E-state index is -0.661. The summed E-state index contributed by atoms with van der Waals surface area (Å²) >= 11 is 0. The predicted octanol–water partition coefficient (Wildman–Crippen LogP) is 4.19. The lowest BCUT2D eigenvalue weighted by Gasteiger charge is -2.37. The molecule has 2 aromatic carbocycles. The molecule has 0 radical (unpaired) electrons. The van der Waals surface area contributed by atoms with Crippen molar-refractivity contribution in [3.05, 3.63) is 95.1 Å². The van der Waals surface area contributed by atoms with Crippen molar-refractivity contribution in [1.29, 1.82) is 0 Å². The van der Waals surface area contributed by atoms with Gasteiger partial charge in [-0.25, -0.2) is 4.39 Å². The monoisotopic (exact) mass is 461 g/mol. The van der Waals surface area contributed by atoms with Crippen molar-refractivity contribution < 1.29 is 18.7 Å². The van der Waals surface area contributed by atoms with Crippen molar-refractivity contribution in [3.8, 4) is 5.75 Å². The molecule has 0 aliphatic carbocycles. The zero-order chi connectivity index (χ0) is 24.1. The molecule has 0 bridgehead atoms. The molecule has 2 amide bonds. The number of carbonyl (C=O) groups excluding carboxylic acids is 2. The zero-order valence-electron chi connectivity index (χ0n) is 19.3. The van der Waals surface area contributed by atoms with Crippen LogP contribution in [-0.2, 0) is 22.6 Å². The fourth-order valence-electron chi connectivity index (χ4n) is 4.30. The van der Waals surface area contributed by atoms with E-state index in [9.17, 15) is 14.0 Å². The summed E-state index contributed by atoms with van der Waals surface area (Å²) in [6.07, 6.45) is 3.95. The van der Waals surface area contributed by atoms with Crippen molar-refractivity contribution in [2.45, 2.75) is 45.4 Å².